The molecule has 0 unspecified atom stereocenters. The van der Waals surface area contributed by atoms with E-state index in [1.54, 1.807) is 0 Å². The summed E-state index contributed by atoms with van der Waals surface area (Å²) in [6.07, 6.45) is 0. The molecule has 0 aliphatic heterocycles. The van der Waals surface area contributed by atoms with Crippen molar-refractivity contribution in [2.45, 2.75) is 0 Å². The highest BCUT2D eigenvalue weighted by Crippen LogP contribution is 2.51. The minimum absolute atomic E-state index is 1.08. The highest BCUT2D eigenvalue weighted by Gasteiger charge is 2.24. The van der Waals surface area contributed by atoms with E-state index in [9.17, 15) is 0 Å². The summed E-state index contributed by atoms with van der Waals surface area (Å²) in [5.74, 6) is 0. The van der Waals surface area contributed by atoms with Gasteiger partial charge in [-0.3, -0.25) is 0 Å². The van der Waals surface area contributed by atoms with Crippen LogP contribution >= 0.6 is 0 Å². The van der Waals surface area contributed by atoms with Gasteiger partial charge in [0.15, 0.2) is 0 Å². The minimum Gasteiger partial charge on any atom is -0.310 e. The van der Waals surface area contributed by atoms with Gasteiger partial charge < -0.3 is 9.80 Å². The van der Waals surface area contributed by atoms with Gasteiger partial charge in [-0.05, 0) is 177 Å². The van der Waals surface area contributed by atoms with Crippen molar-refractivity contribution in [1.82, 2.24) is 0 Å². The Hall–Kier alpha value is -9.50. The van der Waals surface area contributed by atoms with Crippen molar-refractivity contribution in [2.75, 3.05) is 9.80 Å². The Morgan fingerprint density at radius 3 is 1.14 bits per heavy atom. The summed E-state index contributed by atoms with van der Waals surface area (Å²) in [5, 5.41) is 17.0. The topological polar surface area (TPSA) is 6.48 Å². The van der Waals surface area contributed by atoms with Crippen LogP contribution in [0.15, 0.2) is 279 Å². The molecule has 0 amide bonds. The van der Waals surface area contributed by atoms with Crippen LogP contribution in [0.4, 0.5) is 34.1 Å². The van der Waals surface area contributed by atoms with E-state index >= 15 is 0 Å². The van der Waals surface area contributed by atoms with Crippen molar-refractivity contribution in [2.24, 2.45) is 0 Å². The molecule has 2 heteroatoms. The number of fused-ring (bicyclic) bond motifs is 8. The van der Waals surface area contributed by atoms with Crippen molar-refractivity contribution >= 4 is 110 Å². The second-order valence-corrected chi connectivity index (χ2v) is 18.8. The fourth-order valence-electron chi connectivity index (χ4n) is 11.4. The molecule has 14 aromatic carbocycles. The van der Waals surface area contributed by atoms with Crippen LogP contribution in [0.3, 0.4) is 0 Å². The van der Waals surface area contributed by atoms with E-state index in [2.05, 4.69) is 289 Å². The van der Waals surface area contributed by atoms with Crippen LogP contribution in [-0.4, -0.2) is 0 Å². The van der Waals surface area contributed by atoms with E-state index in [0.29, 0.717) is 0 Å². The molecular formula is C70H46N2. The quantitative estimate of drug-likeness (QED) is 0.111. The third-order valence-corrected chi connectivity index (χ3v) is 14.7. The Kier molecular flexibility index (Phi) is 9.89. The third-order valence-electron chi connectivity index (χ3n) is 14.7. The lowest BCUT2D eigenvalue weighted by molar-refractivity contribution is 1.29. The standard InChI is InChI=1S/C70H46N2/c1-3-25-53(26-4-1)71(55-36-34-47-18-7-9-21-50(47)42-55)57-39-41-65-67(45-57)69(63-33-17-24-49-20-11-13-29-59(49)63)64-40-38-58(72(54-27-5-2-6-28-54)56-37-35-48-19-8-10-22-51(48)43-56)46-68(64)70(65)66-44-52-23-12-14-30-60(52)61-31-15-16-32-62(61)66/h1-46H. The monoisotopic (exact) mass is 914 g/mol. The summed E-state index contributed by atoms with van der Waals surface area (Å²) in [6, 6.07) is 103. The van der Waals surface area contributed by atoms with Gasteiger partial charge in [-0.2, -0.15) is 0 Å². The molecule has 2 nitrogen and oxygen atoms in total. The molecule has 0 bridgehead atoms. The summed E-state index contributed by atoms with van der Waals surface area (Å²) in [7, 11) is 0. The Balaban J connectivity index is 1.14. The van der Waals surface area contributed by atoms with E-state index in [0.717, 1.165) is 34.1 Å². The average molecular weight is 915 g/mol. The predicted molar refractivity (Wildman–Crippen MR) is 309 cm³/mol. The van der Waals surface area contributed by atoms with Gasteiger partial charge in [0.2, 0.25) is 0 Å². The molecule has 0 fully saturated rings. The number of para-hydroxylation sites is 2. The third kappa shape index (κ3) is 6.95. The van der Waals surface area contributed by atoms with Gasteiger partial charge in [0.25, 0.3) is 0 Å². The highest BCUT2D eigenvalue weighted by molar-refractivity contribution is 6.28. The van der Waals surface area contributed by atoms with Crippen molar-refractivity contribution in [3.63, 3.8) is 0 Å². The first-order valence-corrected chi connectivity index (χ1v) is 24.8. The first-order chi connectivity index (χ1) is 35.7. The predicted octanol–water partition coefficient (Wildman–Crippen LogP) is 20.0. The molecule has 0 atom stereocenters. The van der Waals surface area contributed by atoms with E-state index in [4.69, 9.17) is 0 Å². The molecule has 0 radical (unpaired) electrons. The summed E-state index contributed by atoms with van der Waals surface area (Å²) in [4.78, 5) is 4.83. The molecular weight excluding hydrogens is 869 g/mol. The lowest BCUT2D eigenvalue weighted by Gasteiger charge is -2.28. The molecule has 0 saturated carbocycles. The lowest BCUT2D eigenvalue weighted by atomic mass is 9.82. The number of rotatable bonds is 8. The lowest BCUT2D eigenvalue weighted by Crippen LogP contribution is -2.10. The van der Waals surface area contributed by atoms with Crippen LogP contribution in [0, 0.1) is 0 Å². The fraction of sp³-hybridized carbons (Fsp3) is 0. The number of anilines is 6. The maximum atomic E-state index is 2.46. The average Bonchev–Trinajstić information content (AvgIpc) is 3.45. The Bertz CT molecular complexity index is 4400. The Labute approximate surface area is 418 Å². The smallest absolute Gasteiger partial charge is 0.0468 e. The maximum Gasteiger partial charge on any atom is 0.0468 e. The number of hydrogen-bond donors (Lipinski definition) is 0. The van der Waals surface area contributed by atoms with E-state index in [1.807, 2.05) is 0 Å². The summed E-state index contributed by atoms with van der Waals surface area (Å²) >= 11 is 0. The van der Waals surface area contributed by atoms with Gasteiger partial charge in [-0.1, -0.05) is 200 Å². The van der Waals surface area contributed by atoms with Crippen LogP contribution in [-0.2, 0) is 0 Å². The van der Waals surface area contributed by atoms with Crippen LogP contribution in [0.1, 0.15) is 0 Å². The number of hydrogen-bond acceptors (Lipinski definition) is 2. The van der Waals surface area contributed by atoms with Gasteiger partial charge in [-0.15, -0.1) is 0 Å². The number of nitrogens with zero attached hydrogens (tertiary/aromatic N) is 2. The van der Waals surface area contributed by atoms with Gasteiger partial charge in [0, 0.05) is 34.1 Å². The number of benzene rings is 14. The molecule has 0 aromatic heterocycles. The molecule has 336 valence electrons. The molecule has 0 aliphatic carbocycles. The van der Waals surface area contributed by atoms with Crippen molar-refractivity contribution in [3.8, 4) is 22.3 Å². The van der Waals surface area contributed by atoms with Crippen LogP contribution in [0.5, 0.6) is 0 Å². The summed E-state index contributed by atoms with van der Waals surface area (Å²) in [6.45, 7) is 0. The first-order valence-electron chi connectivity index (χ1n) is 24.8. The van der Waals surface area contributed by atoms with Crippen molar-refractivity contribution < 1.29 is 0 Å². The second kappa shape index (κ2) is 17.2. The van der Waals surface area contributed by atoms with Gasteiger partial charge in [0.05, 0.1) is 0 Å². The minimum atomic E-state index is 1.08. The molecule has 0 aliphatic rings. The highest BCUT2D eigenvalue weighted by atomic mass is 15.1. The SMILES string of the molecule is c1ccc(N(c2ccc3ccccc3c2)c2ccc3c(-c4cc5ccccc5c5ccccc45)c4cc(N(c5ccccc5)c5ccc6ccccc6c5)ccc4c(-c4cccc5ccccc45)c3c2)cc1. The maximum absolute atomic E-state index is 2.46. The summed E-state index contributed by atoms with van der Waals surface area (Å²) < 4.78 is 0. The molecule has 72 heavy (non-hydrogen) atoms. The molecule has 0 saturated heterocycles. The largest absolute Gasteiger partial charge is 0.310 e. The van der Waals surface area contributed by atoms with Gasteiger partial charge in [0.1, 0.15) is 0 Å². The normalized spacial score (nSPS) is 11.6. The van der Waals surface area contributed by atoms with Crippen molar-refractivity contribution in [3.05, 3.63) is 279 Å². The van der Waals surface area contributed by atoms with Crippen LogP contribution < -0.4 is 9.80 Å². The van der Waals surface area contributed by atoms with Crippen molar-refractivity contribution in [1.29, 1.82) is 0 Å². The zero-order valence-electron chi connectivity index (χ0n) is 39.5. The van der Waals surface area contributed by atoms with Crippen LogP contribution in [0.25, 0.3) is 97.7 Å². The fourth-order valence-corrected chi connectivity index (χ4v) is 11.4. The molecule has 14 rings (SSSR count). The zero-order chi connectivity index (χ0) is 47.5. The molecule has 14 aromatic rings. The van der Waals surface area contributed by atoms with Crippen LogP contribution in [0.2, 0.25) is 0 Å². The second-order valence-electron chi connectivity index (χ2n) is 18.8. The van der Waals surface area contributed by atoms with E-state index in [-0.39, 0.29) is 0 Å². The molecule has 0 N–H and O–H groups in total. The van der Waals surface area contributed by atoms with Gasteiger partial charge in [-0.25, -0.2) is 0 Å². The molecule has 0 heterocycles. The van der Waals surface area contributed by atoms with E-state index < -0.39 is 0 Å². The Morgan fingerprint density at radius 2 is 0.569 bits per heavy atom. The summed E-state index contributed by atoms with van der Waals surface area (Å²) in [5.41, 5.74) is 11.4. The molecule has 0 spiro atoms. The Morgan fingerprint density at radius 1 is 0.167 bits per heavy atom. The van der Waals surface area contributed by atoms with Gasteiger partial charge >= 0.3 is 0 Å². The first kappa shape index (κ1) is 41.5. The van der Waals surface area contributed by atoms with E-state index in [1.165, 1.54) is 97.7 Å². The zero-order valence-corrected chi connectivity index (χ0v) is 39.5.